The van der Waals surface area contributed by atoms with Crippen molar-refractivity contribution in [3.63, 3.8) is 0 Å². The summed E-state index contributed by atoms with van der Waals surface area (Å²) < 4.78 is 10.7. The van der Waals surface area contributed by atoms with Gasteiger partial charge in [-0.25, -0.2) is 4.79 Å². The Bertz CT molecular complexity index is 623. The molecular formula is C19H28N4O4. The first-order valence-corrected chi connectivity index (χ1v) is 9.52. The number of benzene rings is 1. The summed E-state index contributed by atoms with van der Waals surface area (Å²) in [5.41, 5.74) is 0.744. The minimum atomic E-state index is -0.113. The van der Waals surface area contributed by atoms with Gasteiger partial charge in [0.25, 0.3) is 0 Å². The molecule has 1 N–H and O–H groups in total. The summed E-state index contributed by atoms with van der Waals surface area (Å²) in [5, 5.41) is 2.91. The number of anilines is 1. The summed E-state index contributed by atoms with van der Waals surface area (Å²) in [6.07, 6.45) is 0. The molecule has 3 rings (SSSR count). The van der Waals surface area contributed by atoms with E-state index in [-0.39, 0.29) is 11.9 Å². The summed E-state index contributed by atoms with van der Waals surface area (Å²) in [7, 11) is 0. The molecule has 148 valence electrons. The molecule has 3 amide bonds. The molecule has 2 fully saturated rings. The predicted octanol–water partition coefficient (Wildman–Crippen LogP) is 1.09. The maximum Gasteiger partial charge on any atom is 0.321 e. The second-order valence-corrected chi connectivity index (χ2v) is 6.64. The van der Waals surface area contributed by atoms with Gasteiger partial charge in [-0.3, -0.25) is 9.69 Å². The average molecular weight is 376 g/mol. The number of ether oxygens (including phenoxy) is 2. The van der Waals surface area contributed by atoms with Crippen LogP contribution in [0.2, 0.25) is 0 Å². The third-order valence-corrected chi connectivity index (χ3v) is 4.80. The number of urea groups is 1. The predicted molar refractivity (Wildman–Crippen MR) is 102 cm³/mol. The van der Waals surface area contributed by atoms with Crippen LogP contribution in [0.4, 0.5) is 10.5 Å². The lowest BCUT2D eigenvalue weighted by molar-refractivity contribution is -0.136. The molecule has 8 heteroatoms. The first kappa shape index (κ1) is 19.4. The van der Waals surface area contributed by atoms with Crippen LogP contribution in [0.5, 0.6) is 5.75 Å². The summed E-state index contributed by atoms with van der Waals surface area (Å²) >= 11 is 0. The van der Waals surface area contributed by atoms with E-state index in [2.05, 4.69) is 10.2 Å². The van der Waals surface area contributed by atoms with Gasteiger partial charge in [-0.15, -0.1) is 0 Å². The number of nitrogens with zero attached hydrogens (tertiary/aromatic N) is 3. The van der Waals surface area contributed by atoms with Gasteiger partial charge < -0.3 is 24.6 Å². The van der Waals surface area contributed by atoms with E-state index in [4.69, 9.17) is 9.47 Å². The summed E-state index contributed by atoms with van der Waals surface area (Å²) in [6, 6.07) is 7.24. The monoisotopic (exact) mass is 376 g/mol. The molecule has 2 aliphatic heterocycles. The van der Waals surface area contributed by atoms with Crippen LogP contribution in [0, 0.1) is 0 Å². The molecule has 0 bridgehead atoms. The highest BCUT2D eigenvalue weighted by Crippen LogP contribution is 2.16. The Labute approximate surface area is 160 Å². The SMILES string of the molecule is CCOc1ccc(NC(=O)N2CCN(CC(=O)N3CCOCC3)CC2)cc1. The number of carbonyl (C=O) groups is 2. The Kier molecular flexibility index (Phi) is 6.89. The van der Waals surface area contributed by atoms with E-state index >= 15 is 0 Å². The third-order valence-electron chi connectivity index (χ3n) is 4.80. The quantitative estimate of drug-likeness (QED) is 0.833. The van der Waals surface area contributed by atoms with E-state index in [1.54, 1.807) is 4.90 Å². The minimum absolute atomic E-state index is 0.113. The van der Waals surface area contributed by atoms with Crippen LogP contribution in [0.25, 0.3) is 0 Å². The van der Waals surface area contributed by atoms with Crippen molar-refractivity contribution in [3.8, 4) is 5.75 Å². The fourth-order valence-electron chi connectivity index (χ4n) is 3.22. The molecule has 0 atom stereocenters. The van der Waals surface area contributed by atoms with E-state index in [0.717, 1.165) is 11.4 Å². The van der Waals surface area contributed by atoms with Crippen molar-refractivity contribution in [1.82, 2.24) is 14.7 Å². The van der Waals surface area contributed by atoms with Crippen molar-refractivity contribution in [2.24, 2.45) is 0 Å². The van der Waals surface area contributed by atoms with Crippen molar-refractivity contribution in [2.45, 2.75) is 6.92 Å². The fourth-order valence-corrected chi connectivity index (χ4v) is 3.22. The normalized spacial score (nSPS) is 18.3. The molecule has 0 saturated carbocycles. The van der Waals surface area contributed by atoms with Crippen molar-refractivity contribution in [1.29, 1.82) is 0 Å². The van der Waals surface area contributed by atoms with E-state index in [9.17, 15) is 9.59 Å². The molecule has 0 unspecified atom stereocenters. The van der Waals surface area contributed by atoms with E-state index in [0.29, 0.717) is 65.6 Å². The van der Waals surface area contributed by atoms with Crippen LogP contribution in [0.3, 0.4) is 0 Å². The van der Waals surface area contributed by atoms with Gasteiger partial charge in [0.05, 0.1) is 26.4 Å². The lowest BCUT2D eigenvalue weighted by atomic mass is 10.3. The average Bonchev–Trinajstić information content (AvgIpc) is 2.71. The third kappa shape index (κ3) is 5.58. The van der Waals surface area contributed by atoms with Crippen molar-refractivity contribution >= 4 is 17.6 Å². The van der Waals surface area contributed by atoms with Crippen molar-refractivity contribution in [3.05, 3.63) is 24.3 Å². The van der Waals surface area contributed by atoms with Gasteiger partial charge in [0.2, 0.25) is 5.91 Å². The number of amides is 3. The zero-order chi connectivity index (χ0) is 19.1. The van der Waals surface area contributed by atoms with Crippen LogP contribution in [-0.2, 0) is 9.53 Å². The maximum absolute atomic E-state index is 12.4. The second kappa shape index (κ2) is 9.57. The van der Waals surface area contributed by atoms with Gasteiger partial charge in [-0.05, 0) is 31.2 Å². The highest BCUT2D eigenvalue weighted by molar-refractivity contribution is 5.89. The van der Waals surface area contributed by atoms with Gasteiger partial charge >= 0.3 is 6.03 Å². The standard InChI is InChI=1S/C19H28N4O4/c1-2-27-17-5-3-16(4-6-17)20-19(25)23-9-7-21(8-10-23)15-18(24)22-11-13-26-14-12-22/h3-6H,2,7-15H2,1H3,(H,20,25). The van der Waals surface area contributed by atoms with Crippen LogP contribution in [0.1, 0.15) is 6.92 Å². The summed E-state index contributed by atoms with van der Waals surface area (Å²) in [4.78, 5) is 30.5. The highest BCUT2D eigenvalue weighted by Gasteiger charge is 2.25. The van der Waals surface area contributed by atoms with Gasteiger partial charge in [-0.2, -0.15) is 0 Å². The maximum atomic E-state index is 12.4. The lowest BCUT2D eigenvalue weighted by Gasteiger charge is -2.36. The molecule has 2 heterocycles. The number of carbonyl (C=O) groups excluding carboxylic acids is 2. The van der Waals surface area contributed by atoms with E-state index in [1.807, 2.05) is 36.1 Å². The van der Waals surface area contributed by atoms with Crippen molar-refractivity contribution < 1.29 is 19.1 Å². The highest BCUT2D eigenvalue weighted by atomic mass is 16.5. The molecule has 8 nitrogen and oxygen atoms in total. The van der Waals surface area contributed by atoms with Crippen LogP contribution in [-0.4, -0.2) is 92.3 Å². The topological polar surface area (TPSA) is 74.4 Å². The molecule has 2 aliphatic rings. The molecule has 27 heavy (non-hydrogen) atoms. The summed E-state index contributed by atoms with van der Waals surface area (Å²) in [5.74, 6) is 0.930. The Balaban J connectivity index is 1.41. The van der Waals surface area contributed by atoms with E-state index < -0.39 is 0 Å². The number of morpholine rings is 1. The second-order valence-electron chi connectivity index (χ2n) is 6.64. The molecular weight excluding hydrogens is 348 g/mol. The molecule has 1 aromatic carbocycles. The number of piperazine rings is 1. The summed E-state index contributed by atoms with van der Waals surface area (Å²) in [6.45, 7) is 8.16. The molecule has 0 spiro atoms. The lowest BCUT2D eigenvalue weighted by Crippen LogP contribution is -2.53. The molecule has 0 aromatic heterocycles. The first-order chi connectivity index (χ1) is 13.2. The van der Waals surface area contributed by atoms with Crippen LogP contribution >= 0.6 is 0 Å². The number of nitrogens with one attached hydrogen (secondary N) is 1. The fraction of sp³-hybridized carbons (Fsp3) is 0.579. The Morgan fingerprint density at radius 3 is 2.30 bits per heavy atom. The van der Waals surface area contributed by atoms with Gasteiger partial charge in [0.15, 0.2) is 0 Å². The first-order valence-electron chi connectivity index (χ1n) is 9.52. The van der Waals surface area contributed by atoms with E-state index in [1.165, 1.54) is 0 Å². The van der Waals surface area contributed by atoms with Gasteiger partial charge in [-0.1, -0.05) is 0 Å². The molecule has 1 aromatic rings. The van der Waals surface area contributed by atoms with Gasteiger partial charge in [0.1, 0.15) is 5.75 Å². The Morgan fingerprint density at radius 1 is 1.00 bits per heavy atom. The largest absolute Gasteiger partial charge is 0.494 e. The Hall–Kier alpha value is -2.32. The van der Waals surface area contributed by atoms with Crippen molar-refractivity contribution in [2.75, 3.05) is 71.0 Å². The number of rotatable bonds is 5. The van der Waals surface area contributed by atoms with Crippen LogP contribution in [0.15, 0.2) is 24.3 Å². The zero-order valence-electron chi connectivity index (χ0n) is 15.9. The zero-order valence-corrected chi connectivity index (χ0v) is 15.9. The number of hydrogen-bond acceptors (Lipinski definition) is 5. The van der Waals surface area contributed by atoms with Crippen LogP contribution < -0.4 is 10.1 Å². The van der Waals surface area contributed by atoms with Gasteiger partial charge in [0, 0.05) is 45.0 Å². The Morgan fingerprint density at radius 2 is 1.67 bits per heavy atom. The number of hydrogen-bond donors (Lipinski definition) is 1. The molecule has 2 saturated heterocycles. The molecule has 0 radical (unpaired) electrons. The molecule has 0 aliphatic carbocycles. The smallest absolute Gasteiger partial charge is 0.321 e. The minimum Gasteiger partial charge on any atom is -0.494 e.